The number of nitrogens with zero attached hydrogens (tertiary/aromatic N) is 1. The molecule has 0 bridgehead atoms. The number of anilines is 1. The smallest absolute Gasteiger partial charge is 0.0633 e. The molecular formula is C15H26N2O. The molecule has 1 atom stereocenters. The van der Waals surface area contributed by atoms with E-state index >= 15 is 0 Å². The van der Waals surface area contributed by atoms with Crippen molar-refractivity contribution in [1.29, 1.82) is 0 Å². The molecule has 3 nitrogen and oxygen atoms in total. The fourth-order valence-corrected chi connectivity index (χ4v) is 2.15. The molecule has 0 aliphatic heterocycles. The summed E-state index contributed by atoms with van der Waals surface area (Å²) < 4.78 is 5.28. The molecule has 0 heterocycles. The molecule has 0 radical (unpaired) electrons. The lowest BCUT2D eigenvalue weighted by Crippen LogP contribution is -2.43. The quantitative estimate of drug-likeness (QED) is 0.767. The Morgan fingerprint density at radius 1 is 1.33 bits per heavy atom. The van der Waals surface area contributed by atoms with E-state index in [1.807, 2.05) is 0 Å². The summed E-state index contributed by atoms with van der Waals surface area (Å²) in [7, 11) is 3.90. The lowest BCUT2D eigenvalue weighted by molar-refractivity contribution is 0.168. The zero-order chi connectivity index (χ0) is 13.4. The van der Waals surface area contributed by atoms with E-state index in [9.17, 15) is 0 Å². The molecule has 1 rings (SSSR count). The van der Waals surface area contributed by atoms with Gasteiger partial charge >= 0.3 is 0 Å². The SMILES string of the molecule is CCCNC(COC)CN(C)c1ccccc1C. The molecule has 1 aromatic carbocycles. The lowest BCUT2D eigenvalue weighted by atomic mass is 10.1. The van der Waals surface area contributed by atoms with Crippen LogP contribution in [0.1, 0.15) is 18.9 Å². The molecule has 0 saturated heterocycles. The Bertz CT molecular complexity index is 341. The van der Waals surface area contributed by atoms with Crippen molar-refractivity contribution in [3.05, 3.63) is 29.8 Å². The first-order chi connectivity index (χ1) is 8.69. The number of para-hydroxylation sites is 1. The molecule has 102 valence electrons. The maximum atomic E-state index is 5.28. The third-order valence-corrected chi connectivity index (χ3v) is 3.07. The number of methoxy groups -OCH3 is 1. The molecule has 1 unspecified atom stereocenters. The largest absolute Gasteiger partial charge is 0.383 e. The summed E-state index contributed by atoms with van der Waals surface area (Å²) in [5, 5.41) is 3.52. The van der Waals surface area contributed by atoms with Crippen LogP contribution in [-0.4, -0.2) is 39.9 Å². The monoisotopic (exact) mass is 250 g/mol. The molecule has 0 aliphatic carbocycles. The van der Waals surface area contributed by atoms with Crippen molar-refractivity contribution in [3.8, 4) is 0 Å². The van der Waals surface area contributed by atoms with Crippen molar-refractivity contribution in [2.45, 2.75) is 26.3 Å². The van der Waals surface area contributed by atoms with E-state index in [0.717, 1.165) is 26.1 Å². The number of ether oxygens (including phenoxy) is 1. The number of hydrogen-bond donors (Lipinski definition) is 1. The number of rotatable bonds is 8. The van der Waals surface area contributed by atoms with Gasteiger partial charge in [0.2, 0.25) is 0 Å². The number of likely N-dealkylation sites (N-methyl/N-ethyl adjacent to an activating group) is 1. The zero-order valence-electron chi connectivity index (χ0n) is 12.1. The first-order valence-electron chi connectivity index (χ1n) is 6.68. The molecule has 0 spiro atoms. The van der Waals surface area contributed by atoms with Crippen LogP contribution in [0.15, 0.2) is 24.3 Å². The molecule has 0 aromatic heterocycles. The van der Waals surface area contributed by atoms with Gasteiger partial charge in [0.25, 0.3) is 0 Å². The Morgan fingerprint density at radius 3 is 2.67 bits per heavy atom. The van der Waals surface area contributed by atoms with Crippen molar-refractivity contribution in [2.75, 3.05) is 38.8 Å². The van der Waals surface area contributed by atoms with Gasteiger partial charge in [-0.05, 0) is 31.5 Å². The second-order valence-electron chi connectivity index (χ2n) is 4.77. The second-order valence-corrected chi connectivity index (χ2v) is 4.77. The van der Waals surface area contributed by atoms with Crippen LogP contribution in [-0.2, 0) is 4.74 Å². The predicted molar refractivity (Wildman–Crippen MR) is 78.4 cm³/mol. The van der Waals surface area contributed by atoms with E-state index in [1.54, 1.807) is 7.11 Å². The van der Waals surface area contributed by atoms with Crippen molar-refractivity contribution < 1.29 is 4.74 Å². The van der Waals surface area contributed by atoms with Crippen LogP contribution in [0.5, 0.6) is 0 Å². The maximum absolute atomic E-state index is 5.28. The summed E-state index contributed by atoms with van der Waals surface area (Å²) >= 11 is 0. The predicted octanol–water partition coefficient (Wildman–Crippen LogP) is 2.45. The van der Waals surface area contributed by atoms with Gasteiger partial charge in [-0.1, -0.05) is 25.1 Å². The van der Waals surface area contributed by atoms with Gasteiger partial charge in [-0.25, -0.2) is 0 Å². The van der Waals surface area contributed by atoms with E-state index < -0.39 is 0 Å². The highest BCUT2D eigenvalue weighted by Crippen LogP contribution is 2.17. The van der Waals surface area contributed by atoms with Gasteiger partial charge in [0.15, 0.2) is 0 Å². The highest BCUT2D eigenvalue weighted by molar-refractivity contribution is 5.52. The van der Waals surface area contributed by atoms with Crippen molar-refractivity contribution in [1.82, 2.24) is 5.32 Å². The standard InChI is InChI=1S/C15H26N2O/c1-5-10-16-14(12-18-4)11-17(3)15-9-7-6-8-13(15)2/h6-9,14,16H,5,10-12H2,1-4H3. The molecule has 0 fully saturated rings. The van der Waals surface area contributed by atoms with Gasteiger partial charge < -0.3 is 15.0 Å². The summed E-state index contributed by atoms with van der Waals surface area (Å²) in [5.41, 5.74) is 2.60. The van der Waals surface area contributed by atoms with E-state index in [-0.39, 0.29) is 0 Å². The van der Waals surface area contributed by atoms with Crippen LogP contribution in [0, 0.1) is 6.92 Å². The maximum Gasteiger partial charge on any atom is 0.0633 e. The van der Waals surface area contributed by atoms with Gasteiger partial charge in [-0.15, -0.1) is 0 Å². The molecule has 1 aromatic rings. The Labute approximate surface area is 111 Å². The molecule has 0 amide bonds. The zero-order valence-corrected chi connectivity index (χ0v) is 12.1. The van der Waals surface area contributed by atoms with E-state index in [4.69, 9.17) is 4.74 Å². The molecule has 18 heavy (non-hydrogen) atoms. The number of aryl methyl sites for hydroxylation is 1. The highest BCUT2D eigenvalue weighted by Gasteiger charge is 2.12. The number of hydrogen-bond acceptors (Lipinski definition) is 3. The van der Waals surface area contributed by atoms with Gasteiger partial charge in [0.1, 0.15) is 0 Å². The first-order valence-corrected chi connectivity index (χ1v) is 6.68. The number of benzene rings is 1. The summed E-state index contributed by atoms with van der Waals surface area (Å²) in [6, 6.07) is 8.85. The minimum absolute atomic E-state index is 0.375. The summed E-state index contributed by atoms with van der Waals surface area (Å²) in [6.45, 7) is 7.07. The third kappa shape index (κ3) is 4.67. The van der Waals surface area contributed by atoms with Crippen LogP contribution in [0.4, 0.5) is 5.69 Å². The normalized spacial score (nSPS) is 12.4. The van der Waals surface area contributed by atoms with Crippen LogP contribution in [0.25, 0.3) is 0 Å². The van der Waals surface area contributed by atoms with Crippen molar-refractivity contribution in [3.63, 3.8) is 0 Å². The van der Waals surface area contributed by atoms with E-state index in [0.29, 0.717) is 6.04 Å². The van der Waals surface area contributed by atoms with E-state index in [2.05, 4.69) is 55.4 Å². The summed E-state index contributed by atoms with van der Waals surface area (Å²) in [5.74, 6) is 0. The average molecular weight is 250 g/mol. The first kappa shape index (κ1) is 15.0. The molecule has 0 saturated carbocycles. The van der Waals surface area contributed by atoms with Crippen molar-refractivity contribution in [2.24, 2.45) is 0 Å². The molecule has 1 N–H and O–H groups in total. The molecular weight excluding hydrogens is 224 g/mol. The Kier molecular flexibility index (Phi) is 6.76. The van der Waals surface area contributed by atoms with Crippen LogP contribution < -0.4 is 10.2 Å². The summed E-state index contributed by atoms with van der Waals surface area (Å²) in [4.78, 5) is 2.29. The minimum atomic E-state index is 0.375. The Balaban J connectivity index is 2.60. The van der Waals surface area contributed by atoms with Crippen LogP contribution in [0.2, 0.25) is 0 Å². The minimum Gasteiger partial charge on any atom is -0.383 e. The Hall–Kier alpha value is -1.06. The van der Waals surface area contributed by atoms with Gasteiger partial charge in [-0.3, -0.25) is 0 Å². The van der Waals surface area contributed by atoms with Gasteiger partial charge in [0.05, 0.1) is 6.61 Å². The topological polar surface area (TPSA) is 24.5 Å². The van der Waals surface area contributed by atoms with Crippen molar-refractivity contribution >= 4 is 5.69 Å². The lowest BCUT2D eigenvalue weighted by Gasteiger charge is -2.27. The summed E-state index contributed by atoms with van der Waals surface area (Å²) in [6.07, 6.45) is 1.15. The van der Waals surface area contributed by atoms with Gasteiger partial charge in [0, 0.05) is 32.4 Å². The Morgan fingerprint density at radius 2 is 2.06 bits per heavy atom. The molecule has 0 aliphatic rings. The fourth-order valence-electron chi connectivity index (χ4n) is 2.15. The fraction of sp³-hybridized carbons (Fsp3) is 0.600. The average Bonchev–Trinajstić information content (AvgIpc) is 2.36. The second kappa shape index (κ2) is 8.11. The van der Waals surface area contributed by atoms with Crippen LogP contribution >= 0.6 is 0 Å². The van der Waals surface area contributed by atoms with E-state index in [1.165, 1.54) is 11.3 Å². The third-order valence-electron chi connectivity index (χ3n) is 3.07. The highest BCUT2D eigenvalue weighted by atomic mass is 16.5. The molecule has 3 heteroatoms. The van der Waals surface area contributed by atoms with Gasteiger partial charge in [-0.2, -0.15) is 0 Å². The van der Waals surface area contributed by atoms with Crippen LogP contribution in [0.3, 0.4) is 0 Å². The number of nitrogens with one attached hydrogen (secondary N) is 1.